The van der Waals surface area contributed by atoms with Gasteiger partial charge in [0.15, 0.2) is 0 Å². The summed E-state index contributed by atoms with van der Waals surface area (Å²) < 4.78 is 37.9. The van der Waals surface area contributed by atoms with Crippen LogP contribution in [0, 0.1) is 0 Å². The van der Waals surface area contributed by atoms with Crippen molar-refractivity contribution in [1.82, 2.24) is 5.32 Å². The third-order valence-corrected chi connectivity index (χ3v) is 3.73. The van der Waals surface area contributed by atoms with Crippen LogP contribution in [0.5, 0.6) is 0 Å². The Morgan fingerprint density at radius 3 is 2.67 bits per heavy atom. The number of anilines is 1. The van der Waals surface area contributed by atoms with Gasteiger partial charge >= 0.3 is 6.18 Å². The summed E-state index contributed by atoms with van der Waals surface area (Å²) in [6.07, 6.45) is -2.20. The Morgan fingerprint density at radius 2 is 2.14 bits per heavy atom. The summed E-state index contributed by atoms with van der Waals surface area (Å²) in [7, 11) is 0. The lowest BCUT2D eigenvalue weighted by Crippen LogP contribution is -2.50. The van der Waals surface area contributed by atoms with Crippen LogP contribution >= 0.6 is 12.4 Å². The van der Waals surface area contributed by atoms with Gasteiger partial charge in [-0.25, -0.2) is 0 Å². The van der Waals surface area contributed by atoms with Gasteiger partial charge in [-0.2, -0.15) is 13.2 Å². The zero-order valence-electron chi connectivity index (χ0n) is 11.6. The van der Waals surface area contributed by atoms with Crippen molar-refractivity contribution >= 4 is 24.0 Å². The molecule has 1 aliphatic heterocycles. The van der Waals surface area contributed by atoms with Crippen molar-refractivity contribution in [3.8, 4) is 0 Å². The maximum atomic E-state index is 12.6. The van der Waals surface area contributed by atoms with Gasteiger partial charge in [0.05, 0.1) is 11.1 Å². The Labute approximate surface area is 127 Å². The van der Waals surface area contributed by atoms with Crippen molar-refractivity contribution in [2.45, 2.75) is 37.9 Å². The monoisotopic (exact) mass is 322 g/mol. The highest BCUT2D eigenvalue weighted by atomic mass is 35.5. The summed E-state index contributed by atoms with van der Waals surface area (Å²) >= 11 is 0. The molecule has 1 aliphatic rings. The molecule has 0 aromatic heterocycles. The van der Waals surface area contributed by atoms with Gasteiger partial charge in [-0.3, -0.25) is 4.79 Å². The number of halogens is 4. The van der Waals surface area contributed by atoms with Crippen LogP contribution in [0.15, 0.2) is 24.3 Å². The number of hydrogen-bond acceptors (Lipinski definition) is 2. The van der Waals surface area contributed by atoms with Gasteiger partial charge in [-0.1, -0.05) is 13.0 Å². The molecule has 2 rings (SSSR count). The van der Waals surface area contributed by atoms with Crippen LogP contribution in [0.3, 0.4) is 0 Å². The smallest absolute Gasteiger partial charge is 0.324 e. The summed E-state index contributed by atoms with van der Waals surface area (Å²) in [5.74, 6) is -0.267. The summed E-state index contributed by atoms with van der Waals surface area (Å²) in [5, 5.41) is 5.74. The molecule has 0 bridgehead atoms. The Hall–Kier alpha value is -1.27. The Kier molecular flexibility index (Phi) is 5.64. The van der Waals surface area contributed by atoms with E-state index in [-0.39, 0.29) is 24.0 Å². The predicted octanol–water partition coefficient (Wildman–Crippen LogP) is 3.60. The van der Waals surface area contributed by atoms with Gasteiger partial charge < -0.3 is 10.6 Å². The zero-order valence-corrected chi connectivity index (χ0v) is 12.4. The van der Waals surface area contributed by atoms with E-state index >= 15 is 0 Å². The number of nitrogens with one attached hydrogen (secondary N) is 2. The lowest BCUT2D eigenvalue weighted by Gasteiger charge is -2.26. The molecule has 1 unspecified atom stereocenters. The van der Waals surface area contributed by atoms with Crippen LogP contribution in [0.25, 0.3) is 0 Å². The lowest BCUT2D eigenvalue weighted by molar-refractivity contribution is -0.137. The second kappa shape index (κ2) is 6.66. The number of hydrogen-bond donors (Lipinski definition) is 2. The van der Waals surface area contributed by atoms with E-state index in [1.54, 1.807) is 0 Å². The van der Waals surface area contributed by atoms with E-state index in [2.05, 4.69) is 10.6 Å². The summed E-state index contributed by atoms with van der Waals surface area (Å²) in [5.41, 5.74) is -1.25. The van der Waals surface area contributed by atoms with E-state index in [4.69, 9.17) is 0 Å². The molecule has 1 aromatic carbocycles. The van der Waals surface area contributed by atoms with Crippen LogP contribution in [0.2, 0.25) is 0 Å². The molecule has 0 aliphatic carbocycles. The highest BCUT2D eigenvalue weighted by Gasteiger charge is 2.39. The van der Waals surface area contributed by atoms with Crippen molar-refractivity contribution < 1.29 is 18.0 Å². The topological polar surface area (TPSA) is 41.1 Å². The van der Waals surface area contributed by atoms with E-state index in [9.17, 15) is 18.0 Å². The molecule has 0 radical (unpaired) electrons. The zero-order chi connectivity index (χ0) is 14.8. The van der Waals surface area contributed by atoms with E-state index < -0.39 is 17.3 Å². The third-order valence-electron chi connectivity index (χ3n) is 3.73. The van der Waals surface area contributed by atoms with Crippen molar-refractivity contribution in [2.24, 2.45) is 0 Å². The van der Waals surface area contributed by atoms with Crippen LogP contribution in [0.4, 0.5) is 18.9 Å². The molecule has 1 fully saturated rings. The third kappa shape index (κ3) is 3.89. The largest absolute Gasteiger partial charge is 0.416 e. The average Bonchev–Trinajstić information content (AvgIpc) is 2.88. The van der Waals surface area contributed by atoms with Crippen molar-refractivity contribution in [3.05, 3.63) is 29.8 Å². The first-order chi connectivity index (χ1) is 9.37. The fraction of sp³-hybridized carbons (Fsp3) is 0.500. The Bertz CT molecular complexity index is 499. The molecule has 21 heavy (non-hydrogen) atoms. The molecule has 7 heteroatoms. The first-order valence-electron chi connectivity index (χ1n) is 6.61. The number of benzene rings is 1. The first-order valence-corrected chi connectivity index (χ1v) is 6.61. The minimum Gasteiger partial charge on any atom is -0.324 e. The maximum Gasteiger partial charge on any atom is 0.416 e. The van der Waals surface area contributed by atoms with Gasteiger partial charge in [0.1, 0.15) is 0 Å². The molecule has 1 amide bonds. The summed E-state index contributed by atoms with van der Waals surface area (Å²) in [4.78, 5) is 12.3. The number of alkyl halides is 3. The molecular weight excluding hydrogens is 305 g/mol. The van der Waals surface area contributed by atoms with Gasteiger partial charge in [-0.05, 0) is 44.0 Å². The molecule has 1 heterocycles. The number of rotatable bonds is 3. The van der Waals surface area contributed by atoms with Gasteiger partial charge in [0, 0.05) is 5.69 Å². The molecule has 1 saturated heterocycles. The molecule has 3 nitrogen and oxygen atoms in total. The molecule has 2 N–H and O–H groups in total. The van der Waals surface area contributed by atoms with Crippen LogP contribution in [0.1, 0.15) is 31.7 Å². The maximum absolute atomic E-state index is 12.6. The van der Waals surface area contributed by atoms with Gasteiger partial charge in [0.25, 0.3) is 0 Å². The molecule has 0 spiro atoms. The Morgan fingerprint density at radius 1 is 1.43 bits per heavy atom. The summed E-state index contributed by atoms with van der Waals surface area (Å²) in [6.45, 7) is 2.65. The van der Waals surface area contributed by atoms with Crippen molar-refractivity contribution in [1.29, 1.82) is 0 Å². The first kappa shape index (κ1) is 17.8. The van der Waals surface area contributed by atoms with E-state index in [0.717, 1.165) is 25.1 Å². The Balaban J connectivity index is 0.00000220. The minimum absolute atomic E-state index is 0. The standard InChI is InChI=1S/C14H17F3N2O.ClH/c1-2-13(7-4-8-18-13)12(20)19-11-6-3-5-10(9-11)14(15,16)17;/h3,5-6,9,18H,2,4,7-8H2,1H3,(H,19,20);1H. The molecular formula is C14H18ClF3N2O. The van der Waals surface area contributed by atoms with Crippen LogP contribution < -0.4 is 10.6 Å². The highest BCUT2D eigenvalue weighted by molar-refractivity contribution is 5.98. The van der Waals surface area contributed by atoms with E-state index in [0.29, 0.717) is 12.8 Å². The lowest BCUT2D eigenvalue weighted by atomic mass is 9.93. The fourth-order valence-corrected chi connectivity index (χ4v) is 2.49. The molecule has 1 atom stereocenters. The highest BCUT2D eigenvalue weighted by Crippen LogP contribution is 2.31. The van der Waals surface area contributed by atoms with Crippen molar-refractivity contribution in [2.75, 3.05) is 11.9 Å². The fourth-order valence-electron chi connectivity index (χ4n) is 2.49. The predicted molar refractivity (Wildman–Crippen MR) is 77.6 cm³/mol. The number of carbonyl (C=O) groups is 1. The van der Waals surface area contributed by atoms with E-state index in [1.807, 2.05) is 6.92 Å². The second-order valence-electron chi connectivity index (χ2n) is 5.00. The van der Waals surface area contributed by atoms with E-state index in [1.165, 1.54) is 12.1 Å². The van der Waals surface area contributed by atoms with Gasteiger partial charge in [0.2, 0.25) is 5.91 Å². The van der Waals surface area contributed by atoms with Crippen molar-refractivity contribution in [3.63, 3.8) is 0 Å². The summed E-state index contributed by atoms with van der Waals surface area (Å²) in [6, 6.07) is 4.69. The quantitative estimate of drug-likeness (QED) is 0.892. The number of carbonyl (C=O) groups excluding carboxylic acids is 1. The normalized spacial score (nSPS) is 21.7. The number of amides is 1. The minimum atomic E-state index is -4.41. The molecule has 0 saturated carbocycles. The SMILES string of the molecule is CCC1(C(=O)Nc2cccc(C(F)(F)F)c2)CCCN1.Cl. The van der Waals surface area contributed by atoms with Gasteiger partial charge in [-0.15, -0.1) is 12.4 Å². The molecule has 1 aromatic rings. The second-order valence-corrected chi connectivity index (χ2v) is 5.00. The van der Waals surface area contributed by atoms with Crippen LogP contribution in [-0.2, 0) is 11.0 Å². The van der Waals surface area contributed by atoms with Crippen LogP contribution in [-0.4, -0.2) is 18.0 Å². The molecule has 118 valence electrons. The average molecular weight is 323 g/mol.